The smallest absolute Gasteiger partial charge is 0.329 e. The van der Waals surface area contributed by atoms with Crippen LogP contribution in [-0.4, -0.2) is 28.4 Å². The molecule has 1 aliphatic rings. The standard InChI is InChI=1S/C19H26N2O4/c1-18(2,3)16(23)20-12-13-6-8-14(9-7-13)15(22)21-19(17(24)25)10-4-5-11-19/h6-9H,4-5,10-12H2,1-3H3,(H,20,23)(H,21,22)(H,24,25). The number of carbonyl (C=O) groups excluding carboxylic acids is 2. The number of benzene rings is 1. The van der Waals surface area contributed by atoms with E-state index in [1.807, 2.05) is 20.8 Å². The van der Waals surface area contributed by atoms with Gasteiger partial charge in [0.15, 0.2) is 0 Å². The molecule has 0 atom stereocenters. The second-order valence-corrected chi connectivity index (χ2v) is 7.68. The van der Waals surface area contributed by atoms with Crippen molar-refractivity contribution in [1.29, 1.82) is 0 Å². The molecule has 2 amide bonds. The Kier molecular flexibility index (Phi) is 5.50. The van der Waals surface area contributed by atoms with Gasteiger partial charge in [-0.3, -0.25) is 9.59 Å². The summed E-state index contributed by atoms with van der Waals surface area (Å²) in [6.45, 7) is 5.92. The van der Waals surface area contributed by atoms with Gasteiger partial charge in [-0.15, -0.1) is 0 Å². The van der Waals surface area contributed by atoms with E-state index in [4.69, 9.17) is 0 Å². The lowest BCUT2D eigenvalue weighted by Gasteiger charge is -2.25. The van der Waals surface area contributed by atoms with Crippen LogP contribution in [0.4, 0.5) is 0 Å². The Bertz CT molecular complexity index is 653. The highest BCUT2D eigenvalue weighted by atomic mass is 16.4. The number of carboxylic acid groups (broad SMARTS) is 1. The number of carbonyl (C=O) groups is 3. The second kappa shape index (κ2) is 7.25. The van der Waals surface area contributed by atoms with Crippen molar-refractivity contribution in [3.63, 3.8) is 0 Å². The van der Waals surface area contributed by atoms with Crippen molar-refractivity contribution in [3.05, 3.63) is 35.4 Å². The van der Waals surface area contributed by atoms with Gasteiger partial charge in [0.25, 0.3) is 5.91 Å². The molecule has 0 saturated heterocycles. The first-order valence-corrected chi connectivity index (χ1v) is 8.57. The first-order valence-electron chi connectivity index (χ1n) is 8.57. The summed E-state index contributed by atoms with van der Waals surface area (Å²) in [4.78, 5) is 35.8. The summed E-state index contributed by atoms with van der Waals surface area (Å²) in [5.41, 5.74) is -0.302. The fourth-order valence-corrected chi connectivity index (χ4v) is 2.88. The number of carboxylic acids is 1. The van der Waals surface area contributed by atoms with Crippen LogP contribution in [0.1, 0.15) is 62.4 Å². The Morgan fingerprint density at radius 3 is 2.12 bits per heavy atom. The van der Waals surface area contributed by atoms with Crippen molar-refractivity contribution in [3.8, 4) is 0 Å². The van der Waals surface area contributed by atoms with E-state index in [1.165, 1.54) is 0 Å². The maximum atomic E-state index is 12.4. The van der Waals surface area contributed by atoms with Gasteiger partial charge in [-0.05, 0) is 30.5 Å². The zero-order valence-electron chi connectivity index (χ0n) is 15.0. The summed E-state index contributed by atoms with van der Waals surface area (Å²) in [6.07, 6.45) is 2.54. The quantitative estimate of drug-likeness (QED) is 0.763. The first kappa shape index (κ1) is 19.0. The molecule has 6 nitrogen and oxygen atoms in total. The highest BCUT2D eigenvalue weighted by Crippen LogP contribution is 2.30. The van der Waals surface area contributed by atoms with Gasteiger partial charge in [0.05, 0.1) is 0 Å². The lowest BCUT2D eigenvalue weighted by Crippen LogP contribution is -2.52. The van der Waals surface area contributed by atoms with Crippen LogP contribution < -0.4 is 10.6 Å². The zero-order chi connectivity index (χ0) is 18.7. The van der Waals surface area contributed by atoms with Crippen molar-refractivity contribution < 1.29 is 19.5 Å². The minimum Gasteiger partial charge on any atom is -0.480 e. The molecular weight excluding hydrogens is 320 g/mol. The van der Waals surface area contributed by atoms with Crippen molar-refractivity contribution in [2.45, 2.75) is 58.5 Å². The fraction of sp³-hybridized carbons (Fsp3) is 0.526. The third-order valence-electron chi connectivity index (χ3n) is 4.57. The summed E-state index contributed by atoms with van der Waals surface area (Å²) < 4.78 is 0. The van der Waals surface area contributed by atoms with Gasteiger partial charge >= 0.3 is 5.97 Å². The highest BCUT2D eigenvalue weighted by molar-refractivity contribution is 5.98. The molecule has 0 aromatic heterocycles. The van der Waals surface area contributed by atoms with E-state index in [-0.39, 0.29) is 11.8 Å². The molecule has 0 radical (unpaired) electrons. The monoisotopic (exact) mass is 346 g/mol. The minimum atomic E-state index is -1.14. The molecule has 3 N–H and O–H groups in total. The molecule has 0 heterocycles. The van der Waals surface area contributed by atoms with Crippen molar-refractivity contribution in [2.75, 3.05) is 0 Å². The molecule has 6 heteroatoms. The van der Waals surface area contributed by atoms with Gasteiger partial charge in [0.2, 0.25) is 5.91 Å². The Hall–Kier alpha value is -2.37. The Morgan fingerprint density at radius 2 is 1.64 bits per heavy atom. The Balaban J connectivity index is 1.98. The molecule has 1 fully saturated rings. The predicted octanol–water partition coefficient (Wildman–Crippen LogP) is 2.48. The number of hydrogen-bond acceptors (Lipinski definition) is 3. The SMILES string of the molecule is CC(C)(C)C(=O)NCc1ccc(C(=O)NC2(C(=O)O)CCCC2)cc1. The second-order valence-electron chi connectivity index (χ2n) is 7.68. The Labute approximate surface area is 148 Å². The molecule has 1 saturated carbocycles. The zero-order valence-corrected chi connectivity index (χ0v) is 15.0. The van der Waals surface area contributed by atoms with Crippen LogP contribution in [0.3, 0.4) is 0 Å². The summed E-state index contributed by atoms with van der Waals surface area (Å²) in [7, 11) is 0. The largest absolute Gasteiger partial charge is 0.480 e. The van der Waals surface area contributed by atoms with Gasteiger partial charge in [0.1, 0.15) is 5.54 Å². The molecule has 0 spiro atoms. The average Bonchev–Trinajstić information content (AvgIpc) is 3.02. The summed E-state index contributed by atoms with van der Waals surface area (Å²) in [5, 5.41) is 15.0. The lowest BCUT2D eigenvalue weighted by atomic mass is 9.95. The normalized spacial score (nSPS) is 16.3. The van der Waals surface area contributed by atoms with Gasteiger partial charge in [-0.25, -0.2) is 4.79 Å². The molecular formula is C19H26N2O4. The van der Waals surface area contributed by atoms with Gasteiger partial charge < -0.3 is 15.7 Å². The van der Waals surface area contributed by atoms with E-state index < -0.39 is 16.9 Å². The Morgan fingerprint density at radius 1 is 1.08 bits per heavy atom. The van der Waals surface area contributed by atoms with Crippen molar-refractivity contribution in [2.24, 2.45) is 5.41 Å². The molecule has 2 rings (SSSR count). The summed E-state index contributed by atoms with van der Waals surface area (Å²) in [5.74, 6) is -1.40. The van der Waals surface area contributed by atoms with Crippen LogP contribution in [0.25, 0.3) is 0 Å². The summed E-state index contributed by atoms with van der Waals surface area (Å²) in [6, 6.07) is 6.83. The summed E-state index contributed by atoms with van der Waals surface area (Å²) >= 11 is 0. The number of nitrogens with one attached hydrogen (secondary N) is 2. The van der Waals surface area contributed by atoms with Crippen LogP contribution >= 0.6 is 0 Å². The molecule has 0 unspecified atom stereocenters. The maximum absolute atomic E-state index is 12.4. The van der Waals surface area contributed by atoms with Crippen LogP contribution in [0.2, 0.25) is 0 Å². The minimum absolute atomic E-state index is 0.0426. The van der Waals surface area contributed by atoms with E-state index in [0.29, 0.717) is 24.9 Å². The highest BCUT2D eigenvalue weighted by Gasteiger charge is 2.42. The number of aliphatic carboxylic acids is 1. The number of hydrogen-bond donors (Lipinski definition) is 3. The van der Waals surface area contributed by atoms with Gasteiger partial charge in [-0.1, -0.05) is 45.7 Å². The topological polar surface area (TPSA) is 95.5 Å². The number of rotatable bonds is 5. The molecule has 1 aromatic rings. The van der Waals surface area contributed by atoms with Crippen molar-refractivity contribution >= 4 is 17.8 Å². The van der Waals surface area contributed by atoms with E-state index in [1.54, 1.807) is 24.3 Å². The molecule has 1 aliphatic carbocycles. The van der Waals surface area contributed by atoms with E-state index >= 15 is 0 Å². The predicted molar refractivity (Wildman–Crippen MR) is 94.0 cm³/mol. The third kappa shape index (κ3) is 4.59. The molecule has 0 aliphatic heterocycles. The first-order chi connectivity index (χ1) is 11.6. The average molecular weight is 346 g/mol. The molecule has 0 bridgehead atoms. The maximum Gasteiger partial charge on any atom is 0.329 e. The molecule has 25 heavy (non-hydrogen) atoms. The van der Waals surface area contributed by atoms with Crippen molar-refractivity contribution in [1.82, 2.24) is 10.6 Å². The lowest BCUT2D eigenvalue weighted by molar-refractivity contribution is -0.144. The van der Waals surface area contributed by atoms with Crippen LogP contribution in [0, 0.1) is 5.41 Å². The van der Waals surface area contributed by atoms with E-state index in [2.05, 4.69) is 10.6 Å². The van der Waals surface area contributed by atoms with Crippen LogP contribution in [-0.2, 0) is 16.1 Å². The van der Waals surface area contributed by atoms with Crippen LogP contribution in [0.5, 0.6) is 0 Å². The third-order valence-corrected chi connectivity index (χ3v) is 4.57. The van der Waals surface area contributed by atoms with E-state index in [0.717, 1.165) is 18.4 Å². The molecule has 1 aromatic carbocycles. The fourth-order valence-electron chi connectivity index (χ4n) is 2.88. The van der Waals surface area contributed by atoms with Crippen LogP contribution in [0.15, 0.2) is 24.3 Å². The number of amides is 2. The molecule has 136 valence electrons. The van der Waals surface area contributed by atoms with Gasteiger partial charge in [0, 0.05) is 17.5 Å². The van der Waals surface area contributed by atoms with Gasteiger partial charge in [-0.2, -0.15) is 0 Å². The van der Waals surface area contributed by atoms with E-state index in [9.17, 15) is 19.5 Å².